The molecule has 4 atom stereocenters. The maximum atomic E-state index is 12.8. The minimum Gasteiger partial charge on any atom is -0.419 e. The first-order valence-electron chi connectivity index (χ1n) is 12.7. The van der Waals surface area contributed by atoms with Gasteiger partial charge in [0.05, 0.1) is 0 Å². The first-order chi connectivity index (χ1) is 15.8. The first kappa shape index (κ1) is 21.1. The molecule has 0 N–H and O–H groups in total. The summed E-state index contributed by atoms with van der Waals surface area (Å²) in [7, 11) is 0. The lowest BCUT2D eigenvalue weighted by Crippen LogP contribution is -2.44. The normalized spacial score (nSPS) is 34.4. The van der Waals surface area contributed by atoms with Crippen molar-refractivity contribution in [1.82, 2.24) is 0 Å². The molecule has 6 rings (SSSR count). The van der Waals surface area contributed by atoms with Crippen molar-refractivity contribution in [3.05, 3.63) is 40.5 Å². The molecule has 0 amide bonds. The molecule has 0 radical (unpaired) electrons. The highest BCUT2D eigenvalue weighted by Crippen LogP contribution is 2.59. The number of hydrogen-bond donors (Lipinski definition) is 0. The van der Waals surface area contributed by atoms with E-state index < -0.39 is 17.7 Å². The third-order valence-electron chi connectivity index (χ3n) is 9.57. The molecule has 4 aliphatic carbocycles. The van der Waals surface area contributed by atoms with Gasteiger partial charge in [0, 0.05) is 24.7 Å². The summed E-state index contributed by atoms with van der Waals surface area (Å²) in [6, 6.07) is 6.39. The van der Waals surface area contributed by atoms with Gasteiger partial charge in [-0.3, -0.25) is 4.79 Å². The zero-order valence-corrected chi connectivity index (χ0v) is 19.6. The Labute approximate surface area is 194 Å². The van der Waals surface area contributed by atoms with Gasteiger partial charge in [0.2, 0.25) is 0 Å². The Morgan fingerprint density at radius 2 is 1.67 bits per heavy atom. The van der Waals surface area contributed by atoms with Crippen LogP contribution in [-0.2, 0) is 30.3 Å². The summed E-state index contributed by atoms with van der Waals surface area (Å²) in [5.41, 5.74) is 4.13. The zero-order valence-electron chi connectivity index (χ0n) is 19.6. The molecule has 4 fully saturated rings. The second-order valence-electron chi connectivity index (χ2n) is 11.1. The predicted octanol–water partition coefficient (Wildman–Crippen LogP) is 5.26. The lowest BCUT2D eigenvalue weighted by Gasteiger charge is -2.48. The highest BCUT2D eigenvalue weighted by atomic mass is 16.7. The maximum Gasteiger partial charge on any atom is 0.349 e. The lowest BCUT2D eigenvalue weighted by molar-refractivity contribution is -0.232. The SMILES string of the molecule is CC(=C1C(=O)OC2(CCCC2)OC1=O)c1ccc2c(c1)CCC1C2CCC2(C)C(=O)CCC12. The molecule has 4 unspecified atom stereocenters. The van der Waals surface area contributed by atoms with Crippen LogP contribution in [0.5, 0.6) is 0 Å². The van der Waals surface area contributed by atoms with Gasteiger partial charge in [-0.2, -0.15) is 0 Å². The van der Waals surface area contributed by atoms with Gasteiger partial charge < -0.3 is 9.47 Å². The fraction of sp³-hybridized carbons (Fsp3) is 0.607. The van der Waals surface area contributed by atoms with Gasteiger partial charge in [-0.05, 0) is 91.9 Å². The van der Waals surface area contributed by atoms with Crippen LogP contribution >= 0.6 is 0 Å². The third-order valence-corrected chi connectivity index (χ3v) is 9.57. The number of carbonyl (C=O) groups is 3. The first-order valence-corrected chi connectivity index (χ1v) is 12.7. The van der Waals surface area contributed by atoms with Crippen LogP contribution in [0.25, 0.3) is 5.57 Å². The van der Waals surface area contributed by atoms with Gasteiger partial charge in [0.1, 0.15) is 11.4 Å². The van der Waals surface area contributed by atoms with E-state index in [-0.39, 0.29) is 11.0 Å². The van der Waals surface area contributed by atoms with Crippen LogP contribution in [0.1, 0.15) is 94.2 Å². The van der Waals surface area contributed by atoms with Gasteiger partial charge >= 0.3 is 11.9 Å². The second-order valence-corrected chi connectivity index (χ2v) is 11.1. The standard InChI is InChI=1S/C28H32O5/c1-16(24-25(30)32-28(33-26(24)31)12-3-4-13-28)17-5-7-19-18(15-17)6-8-21-20(19)11-14-27(2)22(21)9-10-23(27)29/h5,7,15,20-22H,3-4,6,8-14H2,1-2H3. The average molecular weight is 449 g/mol. The number of fused-ring (bicyclic) bond motifs is 5. The van der Waals surface area contributed by atoms with Crippen LogP contribution in [0.3, 0.4) is 0 Å². The number of benzene rings is 1. The van der Waals surface area contributed by atoms with Crippen molar-refractivity contribution in [3.8, 4) is 0 Å². The van der Waals surface area contributed by atoms with Crippen LogP contribution in [0.15, 0.2) is 23.8 Å². The number of rotatable bonds is 1. The molecule has 33 heavy (non-hydrogen) atoms. The van der Waals surface area contributed by atoms with Crippen molar-refractivity contribution in [1.29, 1.82) is 0 Å². The summed E-state index contributed by atoms with van der Waals surface area (Å²) >= 11 is 0. The van der Waals surface area contributed by atoms with Crippen LogP contribution in [-0.4, -0.2) is 23.5 Å². The molecule has 1 aliphatic heterocycles. The van der Waals surface area contributed by atoms with Gasteiger partial charge in [-0.25, -0.2) is 9.59 Å². The monoisotopic (exact) mass is 448 g/mol. The Morgan fingerprint density at radius 3 is 2.39 bits per heavy atom. The Hall–Kier alpha value is -2.43. The smallest absolute Gasteiger partial charge is 0.349 e. The van der Waals surface area contributed by atoms with E-state index >= 15 is 0 Å². The highest BCUT2D eigenvalue weighted by molar-refractivity contribution is 6.21. The fourth-order valence-corrected chi connectivity index (χ4v) is 7.70. The summed E-state index contributed by atoms with van der Waals surface area (Å²) in [5, 5.41) is 0. The average Bonchev–Trinajstić information content (AvgIpc) is 3.36. The Morgan fingerprint density at radius 1 is 0.939 bits per heavy atom. The van der Waals surface area contributed by atoms with E-state index in [1.807, 2.05) is 13.0 Å². The Bertz CT molecular complexity index is 1070. The van der Waals surface area contributed by atoms with Crippen molar-refractivity contribution >= 4 is 23.3 Å². The molecule has 0 bridgehead atoms. The zero-order chi connectivity index (χ0) is 23.0. The quantitative estimate of drug-likeness (QED) is 0.333. The van der Waals surface area contributed by atoms with Crippen LogP contribution in [0.4, 0.5) is 0 Å². The van der Waals surface area contributed by atoms with Gasteiger partial charge in [0.25, 0.3) is 5.79 Å². The number of hydrogen-bond acceptors (Lipinski definition) is 5. The number of carbonyl (C=O) groups excluding carboxylic acids is 3. The third kappa shape index (κ3) is 3.07. The molecule has 5 aliphatic rings. The minimum atomic E-state index is -1.04. The Balaban J connectivity index is 1.29. The molecular formula is C28H32O5. The van der Waals surface area contributed by atoms with E-state index in [1.54, 1.807) is 0 Å². The van der Waals surface area contributed by atoms with Crippen molar-refractivity contribution < 1.29 is 23.9 Å². The fourth-order valence-electron chi connectivity index (χ4n) is 7.70. The minimum absolute atomic E-state index is 0.0269. The summed E-state index contributed by atoms with van der Waals surface area (Å²) < 4.78 is 11.3. The number of allylic oxidation sites excluding steroid dienone is 1. The highest BCUT2D eigenvalue weighted by Gasteiger charge is 2.54. The van der Waals surface area contributed by atoms with Crippen LogP contribution in [0, 0.1) is 17.3 Å². The van der Waals surface area contributed by atoms with Crippen molar-refractivity contribution in [2.75, 3.05) is 0 Å². The van der Waals surface area contributed by atoms with Crippen molar-refractivity contribution in [2.24, 2.45) is 17.3 Å². The number of ketones is 1. The molecule has 174 valence electrons. The van der Waals surface area contributed by atoms with E-state index in [9.17, 15) is 14.4 Å². The molecule has 1 heterocycles. The topological polar surface area (TPSA) is 69.7 Å². The number of aryl methyl sites for hydroxylation is 1. The van der Waals surface area contributed by atoms with Crippen LogP contribution < -0.4 is 0 Å². The number of esters is 2. The van der Waals surface area contributed by atoms with Gasteiger partial charge in [-0.15, -0.1) is 0 Å². The molecule has 1 aromatic carbocycles. The molecular weight excluding hydrogens is 416 g/mol. The van der Waals surface area contributed by atoms with E-state index in [0.717, 1.165) is 56.9 Å². The van der Waals surface area contributed by atoms with E-state index in [1.165, 1.54) is 11.1 Å². The molecule has 1 saturated heterocycles. The summed E-state index contributed by atoms with van der Waals surface area (Å²) in [6.07, 6.45) is 8.91. The summed E-state index contributed by atoms with van der Waals surface area (Å²) in [5.74, 6) is -0.0812. The molecule has 0 aromatic heterocycles. The Kier molecular flexibility index (Phi) is 4.66. The van der Waals surface area contributed by atoms with Gasteiger partial charge in [0.15, 0.2) is 0 Å². The van der Waals surface area contributed by atoms with Gasteiger partial charge in [-0.1, -0.05) is 25.1 Å². The summed E-state index contributed by atoms with van der Waals surface area (Å²) in [4.78, 5) is 38.2. The largest absolute Gasteiger partial charge is 0.419 e. The second kappa shape index (κ2) is 7.28. The number of Topliss-reactive ketones (excluding diaryl/α,β-unsaturated/α-hetero) is 1. The molecule has 3 saturated carbocycles. The lowest BCUT2D eigenvalue weighted by atomic mass is 9.55. The van der Waals surface area contributed by atoms with Crippen molar-refractivity contribution in [3.63, 3.8) is 0 Å². The molecule has 5 heteroatoms. The summed E-state index contributed by atoms with van der Waals surface area (Å²) in [6.45, 7) is 4.02. The number of ether oxygens (including phenoxy) is 2. The molecule has 5 nitrogen and oxygen atoms in total. The van der Waals surface area contributed by atoms with E-state index in [0.29, 0.717) is 42.0 Å². The van der Waals surface area contributed by atoms with Crippen LogP contribution in [0.2, 0.25) is 0 Å². The van der Waals surface area contributed by atoms with Crippen molar-refractivity contribution in [2.45, 2.75) is 89.8 Å². The van der Waals surface area contributed by atoms with E-state index in [4.69, 9.17) is 9.47 Å². The maximum absolute atomic E-state index is 12.8. The molecule has 1 aromatic rings. The van der Waals surface area contributed by atoms with E-state index in [2.05, 4.69) is 19.1 Å². The predicted molar refractivity (Wildman–Crippen MR) is 122 cm³/mol. The molecule has 1 spiro atoms.